The van der Waals surface area contributed by atoms with Gasteiger partial charge in [0.05, 0.1) is 6.10 Å². The van der Waals surface area contributed by atoms with Crippen LogP contribution in [0.25, 0.3) is 0 Å². The van der Waals surface area contributed by atoms with Gasteiger partial charge in [-0.1, -0.05) is 6.92 Å². The maximum atomic E-state index is 5.29. The number of methoxy groups -OCH3 is 1. The van der Waals surface area contributed by atoms with E-state index < -0.39 is 0 Å². The van der Waals surface area contributed by atoms with Crippen molar-refractivity contribution >= 4 is 5.82 Å². The average molecular weight is 249 g/mol. The van der Waals surface area contributed by atoms with E-state index in [0.717, 1.165) is 43.9 Å². The summed E-state index contributed by atoms with van der Waals surface area (Å²) in [5.41, 5.74) is 2.57. The van der Waals surface area contributed by atoms with Crippen molar-refractivity contribution in [3.05, 3.63) is 17.1 Å². The van der Waals surface area contributed by atoms with E-state index in [1.807, 2.05) is 0 Å². The highest BCUT2D eigenvalue weighted by molar-refractivity contribution is 5.48. The van der Waals surface area contributed by atoms with E-state index >= 15 is 0 Å². The molecule has 1 N–H and O–H groups in total. The van der Waals surface area contributed by atoms with Crippen molar-refractivity contribution in [2.75, 3.05) is 19.0 Å². The Morgan fingerprint density at radius 2 is 2.17 bits per heavy atom. The van der Waals surface area contributed by atoms with Gasteiger partial charge in [0.25, 0.3) is 0 Å². The van der Waals surface area contributed by atoms with Crippen molar-refractivity contribution in [1.82, 2.24) is 9.97 Å². The molecule has 0 saturated heterocycles. The molecule has 0 amide bonds. The molecule has 0 aromatic carbocycles. The van der Waals surface area contributed by atoms with E-state index in [1.165, 1.54) is 17.7 Å². The number of hydrogen-bond donors (Lipinski definition) is 1. The van der Waals surface area contributed by atoms with Crippen LogP contribution in [0.2, 0.25) is 0 Å². The summed E-state index contributed by atoms with van der Waals surface area (Å²) in [4.78, 5) is 9.35. The van der Waals surface area contributed by atoms with Crippen LogP contribution < -0.4 is 5.32 Å². The Morgan fingerprint density at radius 1 is 1.33 bits per heavy atom. The second-order valence-corrected chi connectivity index (χ2v) is 4.94. The maximum Gasteiger partial charge on any atom is 0.133 e. The maximum absolute atomic E-state index is 5.29. The van der Waals surface area contributed by atoms with Gasteiger partial charge in [-0.05, 0) is 32.6 Å². The Kier molecular flexibility index (Phi) is 4.53. The first-order valence-electron chi connectivity index (χ1n) is 6.90. The van der Waals surface area contributed by atoms with Crippen LogP contribution in [0.3, 0.4) is 0 Å². The molecule has 0 saturated carbocycles. The number of anilines is 1. The molecule has 4 nitrogen and oxygen atoms in total. The van der Waals surface area contributed by atoms with Gasteiger partial charge in [-0.2, -0.15) is 0 Å². The molecule has 1 aromatic rings. The molecule has 0 aliphatic heterocycles. The molecule has 100 valence electrons. The molecular formula is C14H23N3O. The molecule has 0 spiro atoms. The summed E-state index contributed by atoms with van der Waals surface area (Å²) in [6, 6.07) is 0. The van der Waals surface area contributed by atoms with Crippen LogP contribution in [0, 0.1) is 0 Å². The van der Waals surface area contributed by atoms with Crippen LogP contribution in [0.15, 0.2) is 0 Å². The minimum absolute atomic E-state index is 0.170. The Labute approximate surface area is 109 Å². The van der Waals surface area contributed by atoms with Crippen molar-refractivity contribution in [2.45, 2.75) is 52.1 Å². The lowest BCUT2D eigenvalue weighted by atomic mass is 10.2. The minimum Gasteiger partial charge on any atom is -0.381 e. The Hall–Kier alpha value is -1.16. The fourth-order valence-corrected chi connectivity index (χ4v) is 2.30. The molecular weight excluding hydrogens is 226 g/mol. The van der Waals surface area contributed by atoms with E-state index in [2.05, 4.69) is 29.1 Å². The normalized spacial score (nSPS) is 15.5. The van der Waals surface area contributed by atoms with Crippen molar-refractivity contribution in [3.8, 4) is 0 Å². The number of rotatable bonds is 6. The summed E-state index contributed by atoms with van der Waals surface area (Å²) < 4.78 is 5.29. The molecule has 2 rings (SSSR count). The van der Waals surface area contributed by atoms with E-state index in [9.17, 15) is 0 Å². The lowest BCUT2D eigenvalue weighted by Gasteiger charge is -2.13. The number of nitrogens with zero attached hydrogens (tertiary/aromatic N) is 2. The number of nitrogens with one attached hydrogen (secondary N) is 1. The van der Waals surface area contributed by atoms with Gasteiger partial charge in [-0.3, -0.25) is 0 Å². The molecule has 0 bridgehead atoms. The summed E-state index contributed by atoms with van der Waals surface area (Å²) in [7, 11) is 1.73. The van der Waals surface area contributed by atoms with Gasteiger partial charge in [0.2, 0.25) is 0 Å². The quantitative estimate of drug-likeness (QED) is 0.840. The number of fused-ring (bicyclic) bond motifs is 1. The first kappa shape index (κ1) is 13.3. The lowest BCUT2D eigenvalue weighted by molar-refractivity contribution is 0.117. The zero-order chi connectivity index (χ0) is 13.0. The lowest BCUT2D eigenvalue weighted by Crippen LogP contribution is -2.15. The molecule has 1 aliphatic carbocycles. The van der Waals surface area contributed by atoms with E-state index in [1.54, 1.807) is 7.11 Å². The van der Waals surface area contributed by atoms with Crippen LogP contribution in [-0.2, 0) is 24.0 Å². The summed E-state index contributed by atoms with van der Waals surface area (Å²) in [5.74, 6) is 1.96. The summed E-state index contributed by atoms with van der Waals surface area (Å²) in [5, 5.41) is 3.43. The van der Waals surface area contributed by atoms with Crippen LogP contribution in [0.1, 0.15) is 43.8 Å². The van der Waals surface area contributed by atoms with Crippen molar-refractivity contribution in [2.24, 2.45) is 0 Å². The SMILES string of the molecule is CCCNc1nc(CC(C)OC)nc2c1CCC2. The molecule has 1 heterocycles. The van der Waals surface area contributed by atoms with Gasteiger partial charge in [0.1, 0.15) is 11.6 Å². The highest BCUT2D eigenvalue weighted by Gasteiger charge is 2.19. The summed E-state index contributed by atoms with van der Waals surface area (Å²) in [6.07, 6.45) is 5.47. The topological polar surface area (TPSA) is 47.0 Å². The third-order valence-electron chi connectivity index (χ3n) is 3.39. The van der Waals surface area contributed by atoms with Crippen LogP contribution in [-0.4, -0.2) is 29.7 Å². The van der Waals surface area contributed by atoms with Crippen molar-refractivity contribution in [3.63, 3.8) is 0 Å². The van der Waals surface area contributed by atoms with Gasteiger partial charge in [0, 0.05) is 31.3 Å². The summed E-state index contributed by atoms with van der Waals surface area (Å²) >= 11 is 0. The monoisotopic (exact) mass is 249 g/mol. The number of aryl methyl sites for hydroxylation is 1. The van der Waals surface area contributed by atoms with Crippen molar-refractivity contribution in [1.29, 1.82) is 0 Å². The molecule has 0 fully saturated rings. The standard InChI is InChI=1S/C14H23N3O/c1-4-8-15-14-11-6-5-7-12(11)16-13(17-14)9-10(2)18-3/h10H,4-9H2,1-3H3,(H,15,16,17). The molecule has 1 aliphatic rings. The van der Waals surface area contributed by atoms with Gasteiger partial charge in [0.15, 0.2) is 0 Å². The molecule has 1 unspecified atom stereocenters. The van der Waals surface area contributed by atoms with E-state index in [0.29, 0.717) is 0 Å². The van der Waals surface area contributed by atoms with Gasteiger partial charge < -0.3 is 10.1 Å². The first-order chi connectivity index (χ1) is 8.74. The fraction of sp³-hybridized carbons (Fsp3) is 0.714. The molecule has 4 heteroatoms. The number of hydrogen-bond acceptors (Lipinski definition) is 4. The third kappa shape index (κ3) is 2.99. The van der Waals surface area contributed by atoms with E-state index in [4.69, 9.17) is 4.74 Å². The van der Waals surface area contributed by atoms with Gasteiger partial charge in [-0.15, -0.1) is 0 Å². The van der Waals surface area contributed by atoms with E-state index in [-0.39, 0.29) is 6.10 Å². The molecule has 18 heavy (non-hydrogen) atoms. The predicted molar refractivity (Wildman–Crippen MR) is 73.0 cm³/mol. The molecule has 1 atom stereocenters. The smallest absolute Gasteiger partial charge is 0.133 e. The first-order valence-corrected chi connectivity index (χ1v) is 6.90. The molecule has 1 aromatic heterocycles. The second kappa shape index (κ2) is 6.14. The highest BCUT2D eigenvalue weighted by atomic mass is 16.5. The van der Waals surface area contributed by atoms with Crippen LogP contribution in [0.5, 0.6) is 0 Å². The molecule has 0 radical (unpaired) electrons. The average Bonchev–Trinajstić information content (AvgIpc) is 2.84. The Balaban J connectivity index is 2.21. The third-order valence-corrected chi connectivity index (χ3v) is 3.39. The predicted octanol–water partition coefficient (Wildman–Crippen LogP) is 2.36. The second-order valence-electron chi connectivity index (χ2n) is 4.94. The highest BCUT2D eigenvalue weighted by Crippen LogP contribution is 2.26. The summed E-state index contributed by atoms with van der Waals surface area (Å²) in [6.45, 7) is 5.20. The largest absolute Gasteiger partial charge is 0.381 e. The van der Waals surface area contributed by atoms with Crippen LogP contribution >= 0.6 is 0 Å². The van der Waals surface area contributed by atoms with Gasteiger partial charge >= 0.3 is 0 Å². The zero-order valence-corrected chi connectivity index (χ0v) is 11.6. The van der Waals surface area contributed by atoms with Crippen molar-refractivity contribution < 1.29 is 4.74 Å². The zero-order valence-electron chi connectivity index (χ0n) is 11.6. The Bertz CT molecular complexity index is 406. The number of ether oxygens (including phenoxy) is 1. The van der Waals surface area contributed by atoms with Gasteiger partial charge in [-0.25, -0.2) is 9.97 Å². The fourth-order valence-electron chi connectivity index (χ4n) is 2.30. The van der Waals surface area contributed by atoms with Crippen LogP contribution in [0.4, 0.5) is 5.82 Å². The Morgan fingerprint density at radius 3 is 2.89 bits per heavy atom. The number of aromatic nitrogens is 2. The minimum atomic E-state index is 0.170.